The Kier molecular flexibility index (Phi) is 7.73. The normalized spacial score (nSPS) is 11.2. The Morgan fingerprint density at radius 1 is 1.06 bits per heavy atom. The van der Waals surface area contributed by atoms with Crippen LogP contribution in [0.2, 0.25) is 5.02 Å². The predicted octanol–water partition coefficient (Wildman–Crippen LogP) is 6.93. The lowest BCUT2D eigenvalue weighted by Gasteiger charge is -2.08. The van der Waals surface area contributed by atoms with Crippen LogP contribution in [0.3, 0.4) is 0 Å². The van der Waals surface area contributed by atoms with Gasteiger partial charge in [-0.3, -0.25) is 4.98 Å². The van der Waals surface area contributed by atoms with Crippen molar-refractivity contribution in [2.45, 2.75) is 44.1 Å². The maximum Gasteiger partial charge on any atom is 0.357 e. The summed E-state index contributed by atoms with van der Waals surface area (Å²) in [7, 11) is 2.95. The van der Waals surface area contributed by atoms with E-state index in [1.54, 1.807) is 29.6 Å². The van der Waals surface area contributed by atoms with Gasteiger partial charge >= 0.3 is 5.97 Å². The largest absolute Gasteiger partial charge is 0.495 e. The van der Waals surface area contributed by atoms with Crippen molar-refractivity contribution in [1.82, 2.24) is 19.7 Å². The highest BCUT2D eigenvalue weighted by Gasteiger charge is 2.28. The van der Waals surface area contributed by atoms with Crippen LogP contribution in [0.25, 0.3) is 27.5 Å². The van der Waals surface area contributed by atoms with Crippen LogP contribution in [0.15, 0.2) is 34.5 Å². The first-order valence-electron chi connectivity index (χ1n) is 11.3. The molecule has 0 aliphatic carbocycles. The van der Waals surface area contributed by atoms with Crippen LogP contribution in [0.4, 0.5) is 0 Å². The van der Waals surface area contributed by atoms with Crippen molar-refractivity contribution in [2.75, 3.05) is 14.2 Å². The number of aromatic nitrogens is 4. The van der Waals surface area contributed by atoms with Crippen LogP contribution < -0.4 is 4.74 Å². The molecular weight excluding hydrogens is 516 g/mol. The van der Waals surface area contributed by atoms with Crippen LogP contribution in [0.1, 0.15) is 41.4 Å². The van der Waals surface area contributed by atoms with E-state index in [-0.39, 0.29) is 0 Å². The molecule has 0 saturated heterocycles. The van der Waals surface area contributed by atoms with Gasteiger partial charge in [0.15, 0.2) is 5.69 Å². The molecule has 0 saturated carbocycles. The number of halogens is 1. The molecule has 0 radical (unpaired) electrons. The molecule has 3 heterocycles. The molecule has 0 N–H and O–H groups in total. The molecule has 0 aliphatic heterocycles. The van der Waals surface area contributed by atoms with Crippen molar-refractivity contribution in [3.8, 4) is 33.3 Å². The molecule has 0 bridgehead atoms. The van der Waals surface area contributed by atoms with Crippen molar-refractivity contribution in [3.05, 3.63) is 58.1 Å². The summed E-state index contributed by atoms with van der Waals surface area (Å²) in [5.41, 5.74) is 5.96. The molecule has 3 aromatic heterocycles. The van der Waals surface area contributed by atoms with Gasteiger partial charge in [-0.1, -0.05) is 42.9 Å². The van der Waals surface area contributed by atoms with E-state index in [1.807, 2.05) is 45.0 Å². The number of ether oxygens (including phenoxy) is 2. The van der Waals surface area contributed by atoms with Gasteiger partial charge in [0, 0.05) is 27.8 Å². The van der Waals surface area contributed by atoms with E-state index in [0.717, 1.165) is 32.4 Å². The summed E-state index contributed by atoms with van der Waals surface area (Å²) in [5.74, 6) is 0.0841. The number of pyridine rings is 1. The first-order chi connectivity index (χ1) is 17.1. The third-order valence-electron chi connectivity index (χ3n) is 5.34. The highest BCUT2D eigenvalue weighted by atomic mass is 35.5. The van der Waals surface area contributed by atoms with E-state index in [1.165, 1.54) is 18.4 Å². The number of carbonyl (C=O) groups is 1. The first kappa shape index (κ1) is 26.2. The van der Waals surface area contributed by atoms with Crippen molar-refractivity contribution in [2.24, 2.45) is 0 Å². The minimum absolute atomic E-state index is 0.323. The highest BCUT2D eigenvalue weighted by molar-refractivity contribution is 8.01. The number of benzene rings is 1. The summed E-state index contributed by atoms with van der Waals surface area (Å²) in [4.78, 5) is 22.5. The Hall–Kier alpha value is -2.88. The minimum atomic E-state index is -0.485. The monoisotopic (exact) mass is 542 g/mol. The summed E-state index contributed by atoms with van der Waals surface area (Å²) in [6.07, 6.45) is 0. The quantitative estimate of drug-likeness (QED) is 0.185. The Morgan fingerprint density at radius 3 is 2.36 bits per heavy atom. The Bertz CT molecular complexity index is 1430. The fourth-order valence-electron chi connectivity index (χ4n) is 3.94. The number of methoxy groups -OCH3 is 2. The molecule has 0 fully saturated rings. The fourth-order valence-corrected chi connectivity index (χ4v) is 6.62. The molecule has 0 amide bonds. The lowest BCUT2D eigenvalue weighted by atomic mass is 10.0. The molecule has 0 spiro atoms. The topological polar surface area (TPSA) is 79.1 Å². The maximum absolute atomic E-state index is 13.1. The van der Waals surface area contributed by atoms with Gasteiger partial charge in [0.2, 0.25) is 5.13 Å². The number of rotatable bonds is 7. The summed E-state index contributed by atoms with van der Waals surface area (Å²) < 4.78 is 13.2. The van der Waals surface area contributed by atoms with Crippen molar-refractivity contribution < 1.29 is 14.3 Å². The number of thioether (sulfide) groups is 1. The zero-order valence-electron chi connectivity index (χ0n) is 21.2. The Morgan fingerprint density at radius 2 is 1.75 bits per heavy atom. The average Bonchev–Trinajstić information content (AvgIpc) is 3.38. The molecule has 0 atom stereocenters. The van der Waals surface area contributed by atoms with Crippen molar-refractivity contribution in [3.63, 3.8) is 0 Å². The summed E-state index contributed by atoms with van der Waals surface area (Å²) in [5, 5.41) is 6.17. The molecule has 36 heavy (non-hydrogen) atoms. The van der Waals surface area contributed by atoms with E-state index in [2.05, 4.69) is 18.8 Å². The lowest BCUT2D eigenvalue weighted by Crippen LogP contribution is -2.11. The van der Waals surface area contributed by atoms with Crippen LogP contribution in [-0.4, -0.2) is 45.2 Å². The van der Waals surface area contributed by atoms with E-state index in [4.69, 9.17) is 31.2 Å². The second kappa shape index (κ2) is 10.6. The number of hydrogen-bond acceptors (Lipinski definition) is 8. The van der Waals surface area contributed by atoms with Gasteiger partial charge in [-0.25, -0.2) is 9.78 Å². The molecule has 0 unspecified atom stereocenters. The Labute approximate surface area is 223 Å². The molecule has 7 nitrogen and oxygen atoms in total. The molecule has 4 aromatic rings. The number of esters is 1. The van der Waals surface area contributed by atoms with Gasteiger partial charge in [0.05, 0.1) is 34.8 Å². The van der Waals surface area contributed by atoms with Gasteiger partial charge in [-0.15, -0.1) is 11.8 Å². The second-order valence-electron chi connectivity index (χ2n) is 8.50. The van der Waals surface area contributed by atoms with Gasteiger partial charge in [0.1, 0.15) is 5.75 Å². The Balaban J connectivity index is 1.95. The molecule has 1 aromatic carbocycles. The molecule has 10 heteroatoms. The van der Waals surface area contributed by atoms with E-state index >= 15 is 0 Å². The van der Waals surface area contributed by atoms with Gasteiger partial charge in [-0.2, -0.15) is 9.78 Å². The number of carbonyl (C=O) groups excluding carboxylic acids is 1. The third-order valence-corrected chi connectivity index (χ3v) is 7.90. The number of nitrogens with zero attached hydrogens (tertiary/aromatic N) is 4. The third kappa shape index (κ3) is 5.14. The van der Waals surface area contributed by atoms with Crippen LogP contribution >= 0.6 is 34.7 Å². The second-order valence-corrected chi connectivity index (χ2v) is 11.7. The standard InChI is InChI=1S/C26H27ClN4O3S2/c1-13(2)35-25-22(17-8-9-19(27)20(12-17)33-6)29-26(36-25)31-23(24(32)34-7)21(16(5)30-31)18-10-14(3)28-15(4)11-18/h8-13H,1-7H3. The first-order valence-corrected chi connectivity index (χ1v) is 13.4. The zero-order valence-corrected chi connectivity index (χ0v) is 23.6. The van der Waals surface area contributed by atoms with E-state index in [0.29, 0.717) is 38.1 Å². The fraction of sp³-hybridized carbons (Fsp3) is 0.308. The lowest BCUT2D eigenvalue weighted by molar-refractivity contribution is 0.0591. The summed E-state index contributed by atoms with van der Waals surface area (Å²) in [6, 6.07) is 9.47. The molecular formula is C26H27ClN4O3S2. The molecule has 4 rings (SSSR count). The average molecular weight is 543 g/mol. The highest BCUT2D eigenvalue weighted by Crippen LogP contribution is 2.42. The predicted molar refractivity (Wildman–Crippen MR) is 146 cm³/mol. The van der Waals surface area contributed by atoms with Crippen LogP contribution in [0, 0.1) is 20.8 Å². The van der Waals surface area contributed by atoms with Gasteiger partial charge in [-0.05, 0) is 50.6 Å². The number of thiazole rings is 1. The van der Waals surface area contributed by atoms with Crippen molar-refractivity contribution in [1.29, 1.82) is 0 Å². The molecule has 0 aliphatic rings. The number of aryl methyl sites for hydroxylation is 3. The summed E-state index contributed by atoms with van der Waals surface area (Å²) >= 11 is 9.44. The van der Waals surface area contributed by atoms with Crippen molar-refractivity contribution >= 4 is 40.7 Å². The smallest absolute Gasteiger partial charge is 0.357 e. The van der Waals surface area contributed by atoms with E-state index < -0.39 is 5.97 Å². The SMILES string of the molecule is COC(=O)c1c(-c2cc(C)nc(C)c2)c(C)nn1-c1nc(-c2ccc(Cl)c(OC)c2)c(SC(C)C)s1. The van der Waals surface area contributed by atoms with Gasteiger partial charge in [0.25, 0.3) is 0 Å². The zero-order chi connectivity index (χ0) is 26.1. The maximum atomic E-state index is 13.1. The minimum Gasteiger partial charge on any atom is -0.495 e. The number of hydrogen-bond donors (Lipinski definition) is 0. The molecule has 188 valence electrons. The van der Waals surface area contributed by atoms with Crippen LogP contribution in [-0.2, 0) is 4.74 Å². The summed E-state index contributed by atoms with van der Waals surface area (Å²) in [6.45, 7) is 9.99. The van der Waals surface area contributed by atoms with Crippen LogP contribution in [0.5, 0.6) is 5.75 Å². The van der Waals surface area contributed by atoms with E-state index in [9.17, 15) is 4.79 Å². The van der Waals surface area contributed by atoms with Gasteiger partial charge < -0.3 is 9.47 Å².